The van der Waals surface area contributed by atoms with E-state index in [4.69, 9.17) is 4.98 Å². The molecule has 2 aliphatic heterocycles. The highest BCUT2D eigenvalue weighted by atomic mass is 15.2. The standard InChI is InChI=1S/C22H23N5/c1-4-18(12-23-8-1)14-26-11-7-22(16-26)17-27(15-19-5-2-9-24-13-19)20-6-3-10-25-21(20)22/h1-6,8-10,12-13H,7,11,14-17H2. The van der Waals surface area contributed by atoms with Gasteiger partial charge in [0.1, 0.15) is 0 Å². The van der Waals surface area contributed by atoms with E-state index in [9.17, 15) is 0 Å². The number of anilines is 1. The molecule has 1 unspecified atom stereocenters. The summed E-state index contributed by atoms with van der Waals surface area (Å²) in [5, 5.41) is 0. The summed E-state index contributed by atoms with van der Waals surface area (Å²) < 4.78 is 0. The number of hydrogen-bond donors (Lipinski definition) is 0. The molecule has 5 rings (SSSR count). The van der Waals surface area contributed by atoms with Crippen molar-refractivity contribution in [2.75, 3.05) is 24.5 Å². The third kappa shape index (κ3) is 3.08. The molecule has 3 aromatic heterocycles. The zero-order valence-electron chi connectivity index (χ0n) is 15.3. The highest BCUT2D eigenvalue weighted by Gasteiger charge is 2.48. The van der Waals surface area contributed by atoms with Gasteiger partial charge < -0.3 is 4.90 Å². The van der Waals surface area contributed by atoms with E-state index in [0.29, 0.717) is 0 Å². The summed E-state index contributed by atoms with van der Waals surface area (Å²) in [5.74, 6) is 0. The Morgan fingerprint density at radius 2 is 1.59 bits per heavy atom. The van der Waals surface area contributed by atoms with E-state index in [2.05, 4.69) is 44.0 Å². The second-order valence-electron chi connectivity index (χ2n) is 7.69. The van der Waals surface area contributed by atoms with Crippen molar-refractivity contribution < 1.29 is 0 Å². The molecule has 0 saturated carbocycles. The topological polar surface area (TPSA) is 45.2 Å². The molecule has 136 valence electrons. The average Bonchev–Trinajstić information content (AvgIpc) is 3.25. The van der Waals surface area contributed by atoms with Gasteiger partial charge in [0.05, 0.1) is 11.4 Å². The lowest BCUT2D eigenvalue weighted by molar-refractivity contribution is 0.305. The zero-order valence-corrected chi connectivity index (χ0v) is 15.3. The van der Waals surface area contributed by atoms with Crippen LogP contribution in [-0.4, -0.2) is 39.5 Å². The normalized spacial score (nSPS) is 21.7. The Morgan fingerprint density at radius 1 is 0.852 bits per heavy atom. The zero-order chi connectivity index (χ0) is 18.1. The van der Waals surface area contributed by atoms with Gasteiger partial charge in [-0.15, -0.1) is 0 Å². The third-order valence-electron chi connectivity index (χ3n) is 5.78. The van der Waals surface area contributed by atoms with Crippen molar-refractivity contribution in [2.24, 2.45) is 0 Å². The Morgan fingerprint density at radius 3 is 2.33 bits per heavy atom. The van der Waals surface area contributed by atoms with E-state index in [1.807, 2.05) is 43.1 Å². The molecule has 27 heavy (non-hydrogen) atoms. The Balaban J connectivity index is 1.39. The summed E-state index contributed by atoms with van der Waals surface area (Å²) in [4.78, 5) is 18.4. The van der Waals surface area contributed by atoms with Crippen molar-refractivity contribution in [1.82, 2.24) is 19.9 Å². The van der Waals surface area contributed by atoms with Crippen LogP contribution in [0.15, 0.2) is 67.4 Å². The van der Waals surface area contributed by atoms with Crippen LogP contribution in [0.3, 0.4) is 0 Å². The fraction of sp³-hybridized carbons (Fsp3) is 0.318. The number of fused-ring (bicyclic) bond motifs is 2. The van der Waals surface area contributed by atoms with E-state index in [1.165, 1.54) is 22.5 Å². The number of likely N-dealkylation sites (tertiary alicyclic amines) is 1. The van der Waals surface area contributed by atoms with Crippen molar-refractivity contribution in [3.05, 3.63) is 84.2 Å². The Bertz CT molecular complexity index is 914. The molecule has 0 N–H and O–H groups in total. The smallest absolute Gasteiger partial charge is 0.0729 e. The Kier molecular flexibility index (Phi) is 4.09. The van der Waals surface area contributed by atoms with Gasteiger partial charge in [0.15, 0.2) is 0 Å². The molecule has 5 nitrogen and oxygen atoms in total. The summed E-state index contributed by atoms with van der Waals surface area (Å²) in [7, 11) is 0. The lowest BCUT2D eigenvalue weighted by Crippen LogP contribution is -2.36. The second kappa shape index (κ2) is 6.74. The van der Waals surface area contributed by atoms with Crippen molar-refractivity contribution in [3.63, 3.8) is 0 Å². The van der Waals surface area contributed by atoms with Gasteiger partial charge in [0.25, 0.3) is 0 Å². The summed E-state index contributed by atoms with van der Waals surface area (Å²) in [6, 6.07) is 12.6. The first kappa shape index (κ1) is 16.4. The monoisotopic (exact) mass is 357 g/mol. The van der Waals surface area contributed by atoms with Crippen LogP contribution in [-0.2, 0) is 18.5 Å². The molecule has 1 atom stereocenters. The first-order valence-electron chi connectivity index (χ1n) is 9.53. The maximum absolute atomic E-state index is 4.83. The molecule has 0 bridgehead atoms. The van der Waals surface area contributed by atoms with Crippen molar-refractivity contribution in [3.8, 4) is 0 Å². The first-order valence-corrected chi connectivity index (χ1v) is 9.53. The molecule has 0 amide bonds. The van der Waals surface area contributed by atoms with Gasteiger partial charge >= 0.3 is 0 Å². The van der Waals surface area contributed by atoms with Gasteiger partial charge in [-0.2, -0.15) is 0 Å². The van der Waals surface area contributed by atoms with Crippen LogP contribution >= 0.6 is 0 Å². The molecular weight excluding hydrogens is 334 g/mol. The minimum Gasteiger partial charge on any atom is -0.365 e. The van der Waals surface area contributed by atoms with Crippen LogP contribution in [0, 0.1) is 0 Å². The summed E-state index contributed by atoms with van der Waals surface area (Å²) in [6.07, 6.45) is 10.7. The SMILES string of the molecule is c1cncc(CN2CCC3(C2)CN(Cc2cccnc2)c2cccnc23)c1. The van der Waals surface area contributed by atoms with E-state index in [0.717, 1.165) is 39.1 Å². The maximum Gasteiger partial charge on any atom is 0.0729 e. The van der Waals surface area contributed by atoms with Crippen LogP contribution in [0.2, 0.25) is 0 Å². The molecule has 1 saturated heterocycles. The Labute approximate surface area is 159 Å². The van der Waals surface area contributed by atoms with Crippen molar-refractivity contribution in [2.45, 2.75) is 24.9 Å². The molecule has 0 aliphatic carbocycles. The molecule has 3 aromatic rings. The highest BCUT2D eigenvalue weighted by Crippen LogP contribution is 2.45. The van der Waals surface area contributed by atoms with E-state index in [-0.39, 0.29) is 5.41 Å². The fourth-order valence-electron chi connectivity index (χ4n) is 4.60. The van der Waals surface area contributed by atoms with Gasteiger partial charge in [-0.3, -0.25) is 19.9 Å². The summed E-state index contributed by atoms with van der Waals surface area (Å²) >= 11 is 0. The minimum absolute atomic E-state index is 0.126. The predicted molar refractivity (Wildman–Crippen MR) is 105 cm³/mol. The quantitative estimate of drug-likeness (QED) is 0.718. The average molecular weight is 357 g/mol. The van der Waals surface area contributed by atoms with Crippen LogP contribution in [0.4, 0.5) is 5.69 Å². The van der Waals surface area contributed by atoms with Crippen LogP contribution in [0.5, 0.6) is 0 Å². The maximum atomic E-state index is 4.83. The Hall–Kier alpha value is -2.79. The van der Waals surface area contributed by atoms with Crippen molar-refractivity contribution >= 4 is 5.69 Å². The lowest BCUT2D eigenvalue weighted by Gasteiger charge is -2.26. The number of aromatic nitrogens is 3. The van der Waals surface area contributed by atoms with Crippen molar-refractivity contribution in [1.29, 1.82) is 0 Å². The number of pyridine rings is 3. The van der Waals surface area contributed by atoms with Crippen LogP contribution in [0.25, 0.3) is 0 Å². The predicted octanol–water partition coefficient (Wildman–Crippen LogP) is 3.04. The molecule has 1 fully saturated rings. The van der Waals surface area contributed by atoms with Gasteiger partial charge in [-0.25, -0.2) is 0 Å². The largest absolute Gasteiger partial charge is 0.365 e. The van der Waals surface area contributed by atoms with Gasteiger partial charge in [0.2, 0.25) is 0 Å². The highest BCUT2D eigenvalue weighted by molar-refractivity contribution is 5.60. The minimum atomic E-state index is 0.126. The molecule has 0 aromatic carbocycles. The van der Waals surface area contributed by atoms with E-state index in [1.54, 1.807) is 0 Å². The first-order chi connectivity index (χ1) is 13.3. The number of nitrogens with zero attached hydrogens (tertiary/aromatic N) is 5. The fourth-order valence-corrected chi connectivity index (χ4v) is 4.60. The van der Waals surface area contributed by atoms with Gasteiger partial charge in [0, 0.05) is 62.6 Å². The van der Waals surface area contributed by atoms with Crippen LogP contribution in [0.1, 0.15) is 23.2 Å². The van der Waals surface area contributed by atoms with Gasteiger partial charge in [-0.1, -0.05) is 12.1 Å². The van der Waals surface area contributed by atoms with E-state index < -0.39 is 0 Å². The second-order valence-corrected chi connectivity index (χ2v) is 7.69. The number of rotatable bonds is 4. The molecule has 5 heteroatoms. The molecule has 0 radical (unpaired) electrons. The molecule has 5 heterocycles. The molecule has 1 spiro atoms. The lowest BCUT2D eigenvalue weighted by atomic mass is 9.85. The molecular formula is C22H23N5. The summed E-state index contributed by atoms with van der Waals surface area (Å²) in [6.45, 7) is 5.02. The van der Waals surface area contributed by atoms with E-state index >= 15 is 0 Å². The third-order valence-corrected chi connectivity index (χ3v) is 5.78. The van der Waals surface area contributed by atoms with Crippen LogP contribution < -0.4 is 4.90 Å². The summed E-state index contributed by atoms with van der Waals surface area (Å²) in [5.41, 5.74) is 5.20. The molecule has 2 aliphatic rings. The van der Waals surface area contributed by atoms with Gasteiger partial charge in [-0.05, 0) is 48.4 Å². The number of hydrogen-bond acceptors (Lipinski definition) is 5.